The van der Waals surface area contributed by atoms with Gasteiger partial charge in [0, 0.05) is 11.1 Å². The number of allylic oxidation sites excluding steroid dienone is 1. The number of nitrogens with zero attached hydrogens (tertiary/aromatic N) is 2. The normalized spacial score (nSPS) is 19.1. The zero-order valence-electron chi connectivity index (χ0n) is 14.5. The Morgan fingerprint density at radius 3 is 2.62 bits per heavy atom. The molecule has 1 saturated heterocycles. The van der Waals surface area contributed by atoms with Crippen LogP contribution in [0.15, 0.2) is 30.3 Å². The number of sulfone groups is 1. The molecule has 0 spiro atoms. The van der Waals surface area contributed by atoms with E-state index in [0.29, 0.717) is 34.1 Å². The fraction of sp³-hybridized carbons (Fsp3) is 0.333. The number of ketones is 1. The van der Waals surface area contributed by atoms with Crippen LogP contribution in [-0.2, 0) is 9.84 Å². The van der Waals surface area contributed by atoms with Gasteiger partial charge in [-0.25, -0.2) is 13.1 Å². The topological polar surface area (TPSA) is 78.3 Å². The Morgan fingerprint density at radius 2 is 2.04 bits per heavy atom. The minimum absolute atomic E-state index is 0.0434. The molecule has 0 saturated carbocycles. The average molecular weight is 395 g/mol. The quantitative estimate of drug-likeness (QED) is 0.575. The van der Waals surface area contributed by atoms with Crippen LogP contribution in [0.2, 0.25) is 5.15 Å². The second-order valence-corrected chi connectivity index (χ2v) is 8.80. The number of benzene rings is 1. The van der Waals surface area contributed by atoms with Gasteiger partial charge in [0.15, 0.2) is 15.6 Å². The lowest BCUT2D eigenvalue weighted by molar-refractivity contribution is 0.104. The van der Waals surface area contributed by atoms with Crippen molar-refractivity contribution in [1.82, 2.24) is 9.78 Å². The number of methoxy groups -OCH3 is 1. The fourth-order valence-corrected chi connectivity index (χ4v) is 5.01. The predicted octanol–water partition coefficient (Wildman–Crippen LogP) is 3.11. The van der Waals surface area contributed by atoms with E-state index in [1.807, 2.05) is 0 Å². The molecule has 0 unspecified atom stereocenters. The van der Waals surface area contributed by atoms with Crippen molar-refractivity contribution < 1.29 is 17.9 Å². The van der Waals surface area contributed by atoms with Gasteiger partial charge in [-0.3, -0.25) is 4.79 Å². The van der Waals surface area contributed by atoms with Gasteiger partial charge in [0.25, 0.3) is 0 Å². The third-order valence-corrected chi connectivity index (χ3v) is 6.53. The summed E-state index contributed by atoms with van der Waals surface area (Å²) in [6, 6.07) is 6.56. The highest BCUT2D eigenvalue weighted by molar-refractivity contribution is 7.91. The third kappa shape index (κ3) is 3.83. The molecule has 1 fully saturated rings. The summed E-state index contributed by atoms with van der Waals surface area (Å²) in [5, 5.41) is 4.72. The minimum atomic E-state index is -3.03. The van der Waals surface area contributed by atoms with E-state index < -0.39 is 9.84 Å². The van der Waals surface area contributed by atoms with Gasteiger partial charge in [0.05, 0.1) is 30.4 Å². The Kier molecular flexibility index (Phi) is 5.20. The summed E-state index contributed by atoms with van der Waals surface area (Å²) in [5.74, 6) is 0.701. The fourth-order valence-electron chi connectivity index (χ4n) is 2.94. The molecule has 0 aliphatic carbocycles. The van der Waals surface area contributed by atoms with E-state index in [1.54, 1.807) is 49.1 Å². The van der Waals surface area contributed by atoms with Crippen LogP contribution in [0.5, 0.6) is 5.75 Å². The molecule has 1 aromatic carbocycles. The van der Waals surface area contributed by atoms with Crippen LogP contribution >= 0.6 is 11.6 Å². The van der Waals surface area contributed by atoms with Crippen molar-refractivity contribution in [3.63, 3.8) is 0 Å². The van der Waals surface area contributed by atoms with E-state index in [9.17, 15) is 13.2 Å². The van der Waals surface area contributed by atoms with Crippen molar-refractivity contribution >= 4 is 33.3 Å². The third-order valence-electron chi connectivity index (χ3n) is 4.40. The van der Waals surface area contributed by atoms with Crippen molar-refractivity contribution in [2.24, 2.45) is 0 Å². The number of aromatic nitrogens is 2. The van der Waals surface area contributed by atoms with Crippen LogP contribution in [0, 0.1) is 6.92 Å². The van der Waals surface area contributed by atoms with Gasteiger partial charge >= 0.3 is 0 Å². The first-order chi connectivity index (χ1) is 12.3. The lowest BCUT2D eigenvalue weighted by atomic mass is 10.1. The maximum Gasteiger partial charge on any atom is 0.185 e. The molecule has 3 rings (SSSR count). The summed E-state index contributed by atoms with van der Waals surface area (Å²) in [4.78, 5) is 12.3. The number of hydrogen-bond acceptors (Lipinski definition) is 5. The van der Waals surface area contributed by atoms with Crippen LogP contribution in [0.4, 0.5) is 0 Å². The lowest BCUT2D eigenvalue weighted by Crippen LogP contribution is -2.12. The van der Waals surface area contributed by atoms with Gasteiger partial charge < -0.3 is 4.74 Å². The SMILES string of the molecule is COc1ccc(C(=O)/C=C/c2c(C)nn([C@H]3CCS(=O)(=O)C3)c2Cl)cc1. The predicted molar refractivity (Wildman–Crippen MR) is 101 cm³/mol. The molecule has 1 aliphatic heterocycles. The Balaban J connectivity index is 1.81. The zero-order valence-corrected chi connectivity index (χ0v) is 16.0. The number of rotatable bonds is 5. The number of hydrogen-bond donors (Lipinski definition) is 0. The van der Waals surface area contributed by atoms with Gasteiger partial charge in [0.2, 0.25) is 0 Å². The van der Waals surface area contributed by atoms with E-state index in [2.05, 4.69) is 5.10 Å². The van der Waals surface area contributed by atoms with Crippen molar-refractivity contribution in [3.05, 3.63) is 52.3 Å². The molecule has 26 heavy (non-hydrogen) atoms. The molecule has 138 valence electrons. The van der Waals surface area contributed by atoms with Crippen LogP contribution in [0.25, 0.3) is 6.08 Å². The van der Waals surface area contributed by atoms with Crippen molar-refractivity contribution in [2.45, 2.75) is 19.4 Å². The van der Waals surface area contributed by atoms with E-state index in [-0.39, 0.29) is 23.3 Å². The number of aryl methyl sites for hydroxylation is 1. The van der Waals surface area contributed by atoms with Gasteiger partial charge in [0.1, 0.15) is 10.9 Å². The summed E-state index contributed by atoms with van der Waals surface area (Å²) in [6.45, 7) is 1.78. The molecule has 0 N–H and O–H groups in total. The summed E-state index contributed by atoms with van der Waals surface area (Å²) >= 11 is 6.40. The Labute approximate surface area is 157 Å². The monoisotopic (exact) mass is 394 g/mol. The van der Waals surface area contributed by atoms with Crippen LogP contribution < -0.4 is 4.74 Å². The van der Waals surface area contributed by atoms with E-state index >= 15 is 0 Å². The van der Waals surface area contributed by atoms with Crippen LogP contribution in [0.3, 0.4) is 0 Å². The first-order valence-electron chi connectivity index (χ1n) is 8.12. The molecule has 1 aliphatic rings. The van der Waals surface area contributed by atoms with Crippen molar-refractivity contribution in [2.75, 3.05) is 18.6 Å². The maximum atomic E-state index is 12.3. The van der Waals surface area contributed by atoms with Crippen LogP contribution in [0.1, 0.15) is 34.1 Å². The van der Waals surface area contributed by atoms with E-state index in [0.717, 1.165) is 0 Å². The standard InChI is InChI=1S/C18H19ClN2O4S/c1-12-16(7-8-17(22)13-3-5-15(25-2)6-4-13)18(19)21(20-12)14-9-10-26(23,24)11-14/h3-8,14H,9-11H2,1-2H3/b8-7+/t14-/m0/s1. The molecular formula is C18H19ClN2O4S. The van der Waals surface area contributed by atoms with Crippen LogP contribution in [-0.4, -0.2) is 42.6 Å². The zero-order chi connectivity index (χ0) is 18.9. The molecule has 1 aromatic heterocycles. The number of halogens is 1. The average Bonchev–Trinajstić information content (AvgIpc) is 3.12. The summed E-state index contributed by atoms with van der Waals surface area (Å²) in [7, 11) is -1.47. The Morgan fingerprint density at radius 1 is 1.35 bits per heavy atom. The molecular weight excluding hydrogens is 376 g/mol. The molecule has 6 nitrogen and oxygen atoms in total. The molecule has 1 atom stereocenters. The molecule has 0 amide bonds. The largest absolute Gasteiger partial charge is 0.497 e. The molecule has 2 heterocycles. The van der Waals surface area contributed by atoms with E-state index in [4.69, 9.17) is 16.3 Å². The lowest BCUT2D eigenvalue weighted by Gasteiger charge is -2.09. The Bertz CT molecular complexity index is 962. The first kappa shape index (κ1) is 18.7. The summed E-state index contributed by atoms with van der Waals surface area (Å²) in [5.41, 5.74) is 1.81. The van der Waals surface area contributed by atoms with Crippen molar-refractivity contribution in [3.8, 4) is 5.75 Å². The Hall–Kier alpha value is -2.12. The molecule has 2 aromatic rings. The molecule has 0 bridgehead atoms. The smallest absolute Gasteiger partial charge is 0.185 e. The van der Waals surface area contributed by atoms with Gasteiger partial charge in [-0.15, -0.1) is 0 Å². The molecule has 8 heteroatoms. The second kappa shape index (κ2) is 7.25. The number of ether oxygens (including phenoxy) is 1. The van der Waals surface area contributed by atoms with Gasteiger partial charge in [-0.2, -0.15) is 5.10 Å². The van der Waals surface area contributed by atoms with E-state index in [1.165, 1.54) is 6.08 Å². The van der Waals surface area contributed by atoms with Gasteiger partial charge in [-0.1, -0.05) is 11.6 Å². The van der Waals surface area contributed by atoms with Gasteiger partial charge in [-0.05, 0) is 49.8 Å². The second-order valence-electron chi connectivity index (χ2n) is 6.22. The number of carbonyl (C=O) groups excluding carboxylic acids is 1. The summed E-state index contributed by atoms with van der Waals surface area (Å²) in [6.07, 6.45) is 3.56. The highest BCUT2D eigenvalue weighted by Crippen LogP contribution is 2.30. The first-order valence-corrected chi connectivity index (χ1v) is 10.3. The summed E-state index contributed by atoms with van der Waals surface area (Å²) < 4.78 is 30.0. The van der Waals surface area contributed by atoms with Crippen molar-refractivity contribution in [1.29, 1.82) is 0 Å². The molecule has 0 radical (unpaired) electrons. The highest BCUT2D eigenvalue weighted by atomic mass is 35.5. The highest BCUT2D eigenvalue weighted by Gasteiger charge is 2.31. The minimum Gasteiger partial charge on any atom is -0.497 e. The maximum absolute atomic E-state index is 12.3. The number of carbonyl (C=O) groups is 1.